The third-order valence-electron chi connectivity index (χ3n) is 3.74. The van der Waals surface area contributed by atoms with E-state index in [1.165, 1.54) is 7.11 Å². The molecule has 22 heavy (non-hydrogen) atoms. The minimum absolute atomic E-state index is 0.145. The number of carbonyl (C=O) groups is 1. The number of hydrogen-bond donors (Lipinski definition) is 1. The van der Waals surface area contributed by atoms with Crippen LogP contribution < -0.4 is 14.8 Å². The molecule has 6 nitrogen and oxygen atoms in total. The number of amides is 1. The molecule has 2 rings (SSSR count). The van der Waals surface area contributed by atoms with Crippen molar-refractivity contribution in [1.29, 1.82) is 0 Å². The maximum atomic E-state index is 12.5. The molecule has 6 heteroatoms. The van der Waals surface area contributed by atoms with E-state index in [4.69, 9.17) is 9.47 Å². The first-order valence-corrected chi connectivity index (χ1v) is 6.99. The van der Waals surface area contributed by atoms with Gasteiger partial charge in [0.05, 0.1) is 32.0 Å². The summed E-state index contributed by atoms with van der Waals surface area (Å²) in [7, 11) is 4.97. The molecule has 1 atom stereocenters. The molecule has 0 radical (unpaired) electrons. The van der Waals surface area contributed by atoms with Crippen molar-refractivity contribution in [2.45, 2.75) is 19.9 Å². The smallest absolute Gasteiger partial charge is 0.255 e. The van der Waals surface area contributed by atoms with Crippen molar-refractivity contribution in [3.63, 3.8) is 0 Å². The molecule has 118 valence electrons. The van der Waals surface area contributed by atoms with Crippen LogP contribution in [-0.2, 0) is 7.05 Å². The molecule has 1 amide bonds. The first-order valence-electron chi connectivity index (χ1n) is 6.99. The first-order chi connectivity index (χ1) is 10.5. The summed E-state index contributed by atoms with van der Waals surface area (Å²) in [5.41, 5.74) is 2.48. The van der Waals surface area contributed by atoms with E-state index >= 15 is 0 Å². The average molecular weight is 303 g/mol. The Labute approximate surface area is 130 Å². The van der Waals surface area contributed by atoms with Gasteiger partial charge in [0.2, 0.25) is 0 Å². The average Bonchev–Trinajstić information content (AvgIpc) is 2.86. The van der Waals surface area contributed by atoms with Crippen LogP contribution in [0.5, 0.6) is 11.5 Å². The highest BCUT2D eigenvalue weighted by molar-refractivity contribution is 5.97. The van der Waals surface area contributed by atoms with Crippen LogP contribution in [0.3, 0.4) is 0 Å². The van der Waals surface area contributed by atoms with Crippen LogP contribution in [0.25, 0.3) is 0 Å². The van der Waals surface area contributed by atoms with Crippen LogP contribution in [0.15, 0.2) is 24.4 Å². The van der Waals surface area contributed by atoms with Crippen molar-refractivity contribution in [3.8, 4) is 11.5 Å². The van der Waals surface area contributed by atoms with Crippen molar-refractivity contribution in [2.75, 3.05) is 14.2 Å². The van der Waals surface area contributed by atoms with E-state index in [2.05, 4.69) is 10.4 Å². The van der Waals surface area contributed by atoms with Crippen LogP contribution >= 0.6 is 0 Å². The Bertz CT molecular complexity index is 679. The minimum Gasteiger partial charge on any atom is -0.497 e. The summed E-state index contributed by atoms with van der Waals surface area (Å²) in [6, 6.07) is 4.97. The number of aryl methyl sites for hydroxylation is 1. The van der Waals surface area contributed by atoms with Gasteiger partial charge in [-0.05, 0) is 26.0 Å². The zero-order valence-electron chi connectivity index (χ0n) is 13.5. The number of rotatable bonds is 5. The van der Waals surface area contributed by atoms with Crippen LogP contribution in [-0.4, -0.2) is 29.9 Å². The Morgan fingerprint density at radius 1 is 1.32 bits per heavy atom. The minimum atomic E-state index is -0.199. The highest BCUT2D eigenvalue weighted by atomic mass is 16.5. The Hall–Kier alpha value is -2.50. The summed E-state index contributed by atoms with van der Waals surface area (Å²) < 4.78 is 12.2. The summed E-state index contributed by atoms with van der Waals surface area (Å²) in [6.45, 7) is 3.90. The summed E-state index contributed by atoms with van der Waals surface area (Å²) in [4.78, 5) is 12.5. The Kier molecular flexibility index (Phi) is 4.70. The van der Waals surface area contributed by atoms with Crippen molar-refractivity contribution in [2.24, 2.45) is 7.05 Å². The lowest BCUT2D eigenvalue weighted by Crippen LogP contribution is -2.27. The van der Waals surface area contributed by atoms with Gasteiger partial charge in [-0.15, -0.1) is 0 Å². The molecule has 0 aliphatic carbocycles. The van der Waals surface area contributed by atoms with Crippen LogP contribution in [0.4, 0.5) is 0 Å². The van der Waals surface area contributed by atoms with Gasteiger partial charge in [0.1, 0.15) is 11.5 Å². The molecule has 2 aromatic rings. The molecule has 0 aliphatic heterocycles. The van der Waals surface area contributed by atoms with Gasteiger partial charge < -0.3 is 14.8 Å². The van der Waals surface area contributed by atoms with Gasteiger partial charge >= 0.3 is 0 Å². The van der Waals surface area contributed by atoms with Crippen LogP contribution in [0, 0.1) is 6.92 Å². The second-order valence-corrected chi connectivity index (χ2v) is 5.07. The maximum Gasteiger partial charge on any atom is 0.255 e. The van der Waals surface area contributed by atoms with Gasteiger partial charge in [-0.1, -0.05) is 0 Å². The second-order valence-electron chi connectivity index (χ2n) is 5.07. The Morgan fingerprint density at radius 3 is 2.59 bits per heavy atom. The van der Waals surface area contributed by atoms with Crippen LogP contribution in [0.1, 0.15) is 34.6 Å². The van der Waals surface area contributed by atoms with Gasteiger partial charge in [0, 0.05) is 24.4 Å². The molecular formula is C16H21N3O3. The van der Waals surface area contributed by atoms with E-state index in [-0.39, 0.29) is 11.9 Å². The summed E-state index contributed by atoms with van der Waals surface area (Å²) in [5.74, 6) is 0.923. The monoisotopic (exact) mass is 303 g/mol. The second kappa shape index (κ2) is 6.51. The molecule has 0 saturated carbocycles. The van der Waals surface area contributed by atoms with E-state index < -0.39 is 0 Å². The highest BCUT2D eigenvalue weighted by Crippen LogP contribution is 2.25. The SMILES string of the molecule is COc1ccc(C(=O)NC(C)c2cnn(C)c2C)c(OC)c1. The van der Waals surface area contributed by atoms with Crippen molar-refractivity contribution >= 4 is 5.91 Å². The largest absolute Gasteiger partial charge is 0.497 e. The highest BCUT2D eigenvalue weighted by Gasteiger charge is 2.18. The Morgan fingerprint density at radius 2 is 2.05 bits per heavy atom. The van der Waals surface area contributed by atoms with E-state index in [1.807, 2.05) is 20.9 Å². The topological polar surface area (TPSA) is 65.4 Å². The quantitative estimate of drug-likeness (QED) is 0.920. The van der Waals surface area contributed by atoms with E-state index in [0.717, 1.165) is 11.3 Å². The van der Waals surface area contributed by atoms with Gasteiger partial charge in [-0.3, -0.25) is 9.48 Å². The normalized spacial score (nSPS) is 11.9. The molecular weight excluding hydrogens is 282 g/mol. The summed E-state index contributed by atoms with van der Waals surface area (Å²) >= 11 is 0. The van der Waals surface area contributed by atoms with Gasteiger partial charge in [-0.2, -0.15) is 5.10 Å². The molecule has 0 spiro atoms. The van der Waals surface area contributed by atoms with Gasteiger partial charge in [-0.25, -0.2) is 0 Å². The molecule has 0 bridgehead atoms. The van der Waals surface area contributed by atoms with Crippen LogP contribution in [0.2, 0.25) is 0 Å². The van der Waals surface area contributed by atoms with Crippen molar-refractivity contribution in [1.82, 2.24) is 15.1 Å². The molecule has 0 saturated heterocycles. The number of aromatic nitrogens is 2. The molecule has 1 heterocycles. The number of nitrogens with one attached hydrogen (secondary N) is 1. The Balaban J connectivity index is 2.20. The van der Waals surface area contributed by atoms with Gasteiger partial charge in [0.15, 0.2) is 0 Å². The zero-order valence-corrected chi connectivity index (χ0v) is 13.5. The fourth-order valence-electron chi connectivity index (χ4n) is 2.28. The predicted octanol–water partition coefficient (Wildman–Crippen LogP) is 2.24. The lowest BCUT2D eigenvalue weighted by molar-refractivity contribution is 0.0936. The fourth-order valence-corrected chi connectivity index (χ4v) is 2.28. The number of carbonyl (C=O) groups excluding carboxylic acids is 1. The third kappa shape index (κ3) is 3.05. The van der Waals surface area contributed by atoms with E-state index in [1.54, 1.807) is 36.2 Å². The summed E-state index contributed by atoms with van der Waals surface area (Å²) in [6.07, 6.45) is 1.77. The molecule has 0 aliphatic rings. The lowest BCUT2D eigenvalue weighted by atomic mass is 10.1. The number of methoxy groups -OCH3 is 2. The molecule has 0 fully saturated rings. The molecule has 1 unspecified atom stereocenters. The maximum absolute atomic E-state index is 12.5. The van der Waals surface area contributed by atoms with Crippen molar-refractivity contribution in [3.05, 3.63) is 41.2 Å². The van der Waals surface area contributed by atoms with E-state index in [0.29, 0.717) is 17.1 Å². The third-order valence-corrected chi connectivity index (χ3v) is 3.74. The summed E-state index contributed by atoms with van der Waals surface area (Å²) in [5, 5.41) is 7.16. The zero-order chi connectivity index (χ0) is 16.3. The first kappa shape index (κ1) is 15.9. The lowest BCUT2D eigenvalue weighted by Gasteiger charge is -2.15. The molecule has 1 aromatic heterocycles. The number of ether oxygens (including phenoxy) is 2. The van der Waals surface area contributed by atoms with Crippen molar-refractivity contribution < 1.29 is 14.3 Å². The van der Waals surface area contributed by atoms with E-state index in [9.17, 15) is 4.79 Å². The van der Waals surface area contributed by atoms with Gasteiger partial charge in [0.25, 0.3) is 5.91 Å². The number of hydrogen-bond acceptors (Lipinski definition) is 4. The number of benzene rings is 1. The predicted molar refractivity (Wildman–Crippen MR) is 83.4 cm³/mol. The molecule has 1 N–H and O–H groups in total. The number of nitrogens with zero attached hydrogens (tertiary/aromatic N) is 2. The standard InChI is InChI=1S/C16H21N3O3/c1-10(14-9-17-19(3)11(14)2)18-16(20)13-7-6-12(21-4)8-15(13)22-5/h6-10H,1-5H3,(H,18,20). The molecule has 1 aromatic carbocycles. The fraction of sp³-hybridized carbons (Fsp3) is 0.375.